The van der Waals surface area contributed by atoms with Crippen molar-refractivity contribution >= 4 is 17.6 Å². The molecule has 0 radical (unpaired) electrons. The minimum atomic E-state index is -0.961. The van der Waals surface area contributed by atoms with Gasteiger partial charge in [-0.15, -0.1) is 0 Å². The minimum Gasteiger partial charge on any atom is -0.481 e. The van der Waals surface area contributed by atoms with Gasteiger partial charge in [-0.1, -0.05) is 17.7 Å². The summed E-state index contributed by atoms with van der Waals surface area (Å²) in [6, 6.07) is 6.49. The average Bonchev–Trinajstić information content (AvgIpc) is 2.39. The molecule has 1 aromatic heterocycles. The zero-order valence-corrected chi connectivity index (χ0v) is 11.0. The van der Waals surface area contributed by atoms with Crippen molar-refractivity contribution in [3.63, 3.8) is 0 Å². The molecule has 0 bridgehead atoms. The van der Waals surface area contributed by atoms with Gasteiger partial charge in [-0.3, -0.25) is 4.79 Å². The van der Waals surface area contributed by atoms with E-state index in [1.54, 1.807) is 6.07 Å². The summed E-state index contributed by atoms with van der Waals surface area (Å²) in [5.74, 6) is -2.30. The van der Waals surface area contributed by atoms with Crippen molar-refractivity contribution in [3.05, 3.63) is 52.7 Å². The topological polar surface area (TPSA) is 50.2 Å². The van der Waals surface area contributed by atoms with Gasteiger partial charge in [-0.05, 0) is 36.2 Å². The summed E-state index contributed by atoms with van der Waals surface area (Å²) >= 11 is 5.67. The van der Waals surface area contributed by atoms with E-state index in [2.05, 4.69) is 4.98 Å². The number of carboxylic acids is 1. The van der Waals surface area contributed by atoms with Gasteiger partial charge in [0.05, 0.1) is 0 Å². The third kappa shape index (κ3) is 3.30. The van der Waals surface area contributed by atoms with Crippen molar-refractivity contribution in [1.29, 1.82) is 0 Å². The summed E-state index contributed by atoms with van der Waals surface area (Å²) in [6.07, 6.45) is 0.112. The molecule has 0 atom stereocenters. The second kappa shape index (κ2) is 5.96. The minimum absolute atomic E-state index is 0.0101. The van der Waals surface area contributed by atoms with Gasteiger partial charge in [-0.2, -0.15) is 0 Å². The second-order valence-electron chi connectivity index (χ2n) is 4.17. The van der Waals surface area contributed by atoms with E-state index < -0.39 is 17.6 Å². The van der Waals surface area contributed by atoms with E-state index in [0.717, 1.165) is 6.07 Å². The number of carboxylic acid groups (broad SMARTS) is 1. The van der Waals surface area contributed by atoms with Crippen LogP contribution in [0.1, 0.15) is 12.0 Å². The third-order valence-corrected chi connectivity index (χ3v) is 2.94. The Hall–Kier alpha value is -2.01. The Morgan fingerprint density at radius 3 is 2.60 bits per heavy atom. The Balaban J connectivity index is 2.34. The summed E-state index contributed by atoms with van der Waals surface area (Å²) in [5.41, 5.74) is 0.347. The number of nitrogens with zero attached hydrogens (tertiary/aromatic N) is 1. The van der Waals surface area contributed by atoms with Crippen LogP contribution in [0.5, 0.6) is 0 Å². The Labute approximate surface area is 118 Å². The van der Waals surface area contributed by atoms with Crippen LogP contribution in [-0.4, -0.2) is 16.1 Å². The summed E-state index contributed by atoms with van der Waals surface area (Å²) in [5, 5.41) is 8.64. The van der Waals surface area contributed by atoms with E-state index in [1.165, 1.54) is 18.2 Å². The van der Waals surface area contributed by atoms with Gasteiger partial charge in [0.25, 0.3) is 0 Å². The van der Waals surface area contributed by atoms with E-state index in [4.69, 9.17) is 16.7 Å². The Morgan fingerprint density at radius 1 is 1.20 bits per heavy atom. The molecule has 0 amide bonds. The van der Waals surface area contributed by atoms with Crippen molar-refractivity contribution in [1.82, 2.24) is 4.98 Å². The van der Waals surface area contributed by atoms with Crippen LogP contribution in [0.3, 0.4) is 0 Å². The number of aliphatic carboxylic acids is 1. The summed E-state index contributed by atoms with van der Waals surface area (Å²) in [6.45, 7) is 0. The number of hydrogen-bond donors (Lipinski definition) is 1. The van der Waals surface area contributed by atoms with Crippen LogP contribution in [0.15, 0.2) is 30.3 Å². The molecule has 0 saturated carbocycles. The highest BCUT2D eigenvalue weighted by atomic mass is 35.5. The quantitative estimate of drug-likeness (QED) is 0.876. The molecule has 1 heterocycles. The third-order valence-electron chi connectivity index (χ3n) is 2.73. The van der Waals surface area contributed by atoms with Gasteiger partial charge in [0, 0.05) is 12.0 Å². The van der Waals surface area contributed by atoms with E-state index in [0.29, 0.717) is 5.56 Å². The number of carbonyl (C=O) groups is 1. The van der Waals surface area contributed by atoms with Crippen LogP contribution in [0, 0.1) is 11.6 Å². The SMILES string of the molecule is O=C(O)CCc1ccc(-c2nc(Cl)ccc2F)c(F)c1. The van der Waals surface area contributed by atoms with Crippen LogP contribution >= 0.6 is 11.6 Å². The molecule has 0 saturated heterocycles. The first-order valence-electron chi connectivity index (χ1n) is 5.80. The molecule has 1 N–H and O–H groups in total. The normalized spacial score (nSPS) is 10.6. The van der Waals surface area contributed by atoms with Crippen molar-refractivity contribution in [2.75, 3.05) is 0 Å². The molecule has 104 valence electrons. The summed E-state index contributed by atoms with van der Waals surface area (Å²) in [7, 11) is 0. The molecular formula is C14H10ClF2NO2. The number of rotatable bonds is 4. The van der Waals surface area contributed by atoms with Crippen molar-refractivity contribution in [2.24, 2.45) is 0 Å². The van der Waals surface area contributed by atoms with Gasteiger partial charge in [0.1, 0.15) is 22.5 Å². The van der Waals surface area contributed by atoms with Crippen LogP contribution in [-0.2, 0) is 11.2 Å². The lowest BCUT2D eigenvalue weighted by Gasteiger charge is -2.06. The number of hydrogen-bond acceptors (Lipinski definition) is 2. The fraction of sp³-hybridized carbons (Fsp3) is 0.143. The van der Waals surface area contributed by atoms with Gasteiger partial charge < -0.3 is 5.11 Å². The molecular weight excluding hydrogens is 288 g/mol. The highest BCUT2D eigenvalue weighted by Crippen LogP contribution is 2.26. The highest BCUT2D eigenvalue weighted by molar-refractivity contribution is 6.29. The molecule has 3 nitrogen and oxygen atoms in total. The molecule has 2 aromatic rings. The maximum atomic E-state index is 14.0. The molecule has 0 aliphatic rings. The standard InChI is InChI=1S/C14H10ClF2NO2/c15-12-5-4-10(16)14(18-12)9-3-1-8(7-11(9)17)2-6-13(19)20/h1,3-5,7H,2,6H2,(H,19,20). The molecule has 2 rings (SSSR count). The Bertz CT molecular complexity index is 662. The first-order chi connectivity index (χ1) is 9.47. The first kappa shape index (κ1) is 14.4. The maximum Gasteiger partial charge on any atom is 0.303 e. The summed E-state index contributed by atoms with van der Waals surface area (Å²) < 4.78 is 27.6. The van der Waals surface area contributed by atoms with E-state index in [9.17, 15) is 13.6 Å². The lowest BCUT2D eigenvalue weighted by molar-refractivity contribution is -0.136. The largest absolute Gasteiger partial charge is 0.481 e. The van der Waals surface area contributed by atoms with E-state index in [-0.39, 0.29) is 29.3 Å². The smallest absolute Gasteiger partial charge is 0.303 e. The summed E-state index contributed by atoms with van der Waals surface area (Å²) in [4.78, 5) is 14.2. The van der Waals surface area contributed by atoms with Crippen LogP contribution in [0.25, 0.3) is 11.3 Å². The van der Waals surface area contributed by atoms with Crippen molar-refractivity contribution in [3.8, 4) is 11.3 Å². The molecule has 0 aliphatic carbocycles. The lowest BCUT2D eigenvalue weighted by Crippen LogP contribution is -1.99. The molecule has 6 heteroatoms. The predicted octanol–water partition coefficient (Wildman–Crippen LogP) is 3.70. The average molecular weight is 298 g/mol. The zero-order valence-electron chi connectivity index (χ0n) is 10.2. The van der Waals surface area contributed by atoms with Crippen molar-refractivity contribution in [2.45, 2.75) is 12.8 Å². The monoisotopic (exact) mass is 297 g/mol. The number of pyridine rings is 1. The van der Waals surface area contributed by atoms with Gasteiger partial charge in [-0.25, -0.2) is 13.8 Å². The van der Waals surface area contributed by atoms with Crippen molar-refractivity contribution < 1.29 is 18.7 Å². The molecule has 1 aromatic carbocycles. The fourth-order valence-corrected chi connectivity index (χ4v) is 1.91. The van der Waals surface area contributed by atoms with Gasteiger partial charge in [0.2, 0.25) is 0 Å². The zero-order chi connectivity index (χ0) is 14.7. The number of halogens is 3. The van der Waals surface area contributed by atoms with Crippen LogP contribution in [0.2, 0.25) is 5.15 Å². The number of aromatic nitrogens is 1. The number of aryl methyl sites for hydroxylation is 1. The molecule has 0 spiro atoms. The molecule has 0 unspecified atom stereocenters. The molecule has 0 fully saturated rings. The van der Waals surface area contributed by atoms with Gasteiger partial charge in [0.15, 0.2) is 0 Å². The van der Waals surface area contributed by atoms with Crippen LogP contribution < -0.4 is 0 Å². The maximum absolute atomic E-state index is 14.0. The number of benzene rings is 1. The highest BCUT2D eigenvalue weighted by Gasteiger charge is 2.13. The predicted molar refractivity (Wildman–Crippen MR) is 70.6 cm³/mol. The van der Waals surface area contributed by atoms with E-state index in [1.807, 2.05) is 0 Å². The fourth-order valence-electron chi connectivity index (χ4n) is 1.76. The van der Waals surface area contributed by atoms with E-state index >= 15 is 0 Å². The van der Waals surface area contributed by atoms with Crippen LogP contribution in [0.4, 0.5) is 8.78 Å². The second-order valence-corrected chi connectivity index (χ2v) is 4.56. The molecule has 20 heavy (non-hydrogen) atoms. The Kier molecular flexibility index (Phi) is 4.29. The Morgan fingerprint density at radius 2 is 1.95 bits per heavy atom. The lowest BCUT2D eigenvalue weighted by atomic mass is 10.0. The first-order valence-corrected chi connectivity index (χ1v) is 6.18. The van der Waals surface area contributed by atoms with Gasteiger partial charge >= 0.3 is 5.97 Å². The molecule has 0 aliphatic heterocycles.